The lowest BCUT2D eigenvalue weighted by molar-refractivity contribution is 0.0842. The Hall–Kier alpha value is 0.0569. The van der Waals surface area contributed by atoms with Crippen molar-refractivity contribution in [3.63, 3.8) is 0 Å². The predicted octanol–water partition coefficient (Wildman–Crippen LogP) is 8.40. The van der Waals surface area contributed by atoms with E-state index < -0.39 is 9.53 Å². The molecule has 1 atom stereocenters. The minimum Gasteiger partial charge on any atom is -0.376 e. The Bertz CT molecular complexity index is 366. The molecule has 0 bridgehead atoms. The van der Waals surface area contributed by atoms with Gasteiger partial charge in [-0.15, -0.1) is 0 Å². The summed E-state index contributed by atoms with van der Waals surface area (Å²) in [6.45, 7) is 10.4. The van der Waals surface area contributed by atoms with E-state index in [-0.39, 0.29) is 0 Å². The van der Waals surface area contributed by atoms with Gasteiger partial charge < -0.3 is 18.2 Å². The van der Waals surface area contributed by atoms with Gasteiger partial charge >= 0.3 is 9.53 Å². The highest BCUT2D eigenvalue weighted by Crippen LogP contribution is 2.20. The average Bonchev–Trinajstić information content (AvgIpc) is 2.82. The molecule has 34 heavy (non-hydrogen) atoms. The van der Waals surface area contributed by atoms with E-state index >= 15 is 0 Å². The van der Waals surface area contributed by atoms with Crippen molar-refractivity contribution in [3.05, 3.63) is 0 Å². The van der Waals surface area contributed by atoms with Gasteiger partial charge in [0.1, 0.15) is 0 Å². The van der Waals surface area contributed by atoms with Gasteiger partial charge in [-0.1, -0.05) is 111 Å². The van der Waals surface area contributed by atoms with Crippen LogP contribution in [0.3, 0.4) is 0 Å². The molecule has 0 aliphatic heterocycles. The minimum absolute atomic E-state index is 0.776. The molecule has 206 valence electrons. The van der Waals surface area contributed by atoms with Gasteiger partial charge in [-0.3, -0.25) is 0 Å². The maximum absolute atomic E-state index is 6.28. The number of rotatable bonds is 28. The zero-order chi connectivity index (χ0) is 25.1. The molecule has 0 aliphatic rings. The van der Waals surface area contributed by atoms with Crippen LogP contribution in [-0.2, 0) is 13.3 Å². The highest BCUT2D eigenvalue weighted by Gasteiger charge is 2.17. The van der Waals surface area contributed by atoms with Gasteiger partial charge in [0.05, 0.1) is 0 Å². The molecule has 0 saturated carbocycles. The molecule has 0 aromatic heterocycles. The normalized spacial score (nSPS) is 12.8. The smallest absolute Gasteiger partial charge is 0.376 e. The van der Waals surface area contributed by atoms with Gasteiger partial charge in [0.25, 0.3) is 0 Å². The zero-order valence-electron chi connectivity index (χ0n) is 24.1. The summed E-state index contributed by atoms with van der Waals surface area (Å²) < 4.78 is 18.6. The highest BCUT2D eigenvalue weighted by atomic mass is 28.3. The monoisotopic (exact) mass is 501 g/mol. The van der Waals surface area contributed by atoms with E-state index in [0.29, 0.717) is 0 Å². The van der Waals surface area contributed by atoms with Crippen LogP contribution in [0.2, 0.25) is 0 Å². The van der Waals surface area contributed by atoms with Gasteiger partial charge in [0.15, 0.2) is 0 Å². The summed E-state index contributed by atoms with van der Waals surface area (Å²) in [5.41, 5.74) is 0. The highest BCUT2D eigenvalue weighted by molar-refractivity contribution is 6.36. The van der Waals surface area contributed by atoms with Gasteiger partial charge in [-0.25, -0.2) is 0 Å². The van der Waals surface area contributed by atoms with E-state index in [1.165, 1.54) is 109 Å². The number of hydrogen-bond acceptors (Lipinski definition) is 4. The van der Waals surface area contributed by atoms with Crippen molar-refractivity contribution in [3.8, 4) is 0 Å². The quantitative estimate of drug-likeness (QED) is 0.0795. The molecular formula is C29H63NO3Si. The average molecular weight is 502 g/mol. The molecule has 0 saturated heterocycles. The van der Waals surface area contributed by atoms with Crippen molar-refractivity contribution in [2.75, 3.05) is 40.5 Å². The Kier molecular flexibility index (Phi) is 27.7. The van der Waals surface area contributed by atoms with E-state index in [4.69, 9.17) is 13.3 Å². The van der Waals surface area contributed by atoms with Crippen molar-refractivity contribution in [2.45, 2.75) is 143 Å². The Morgan fingerprint density at radius 1 is 0.500 bits per heavy atom. The lowest BCUT2D eigenvalue weighted by Crippen LogP contribution is -2.29. The van der Waals surface area contributed by atoms with Gasteiger partial charge in [-0.05, 0) is 58.7 Å². The van der Waals surface area contributed by atoms with E-state index in [0.717, 1.165) is 45.0 Å². The van der Waals surface area contributed by atoms with Crippen LogP contribution in [0.1, 0.15) is 143 Å². The largest absolute Gasteiger partial charge is 0.484 e. The standard InChI is InChI=1S/C29H63NO3Si/c1-6-9-12-14-16-19-26-31-34(32-27-20-17-15-13-10-7-2)33-28-24-29(22-18-11-8-3)23-21-25-30(4)5/h29,34H,6-28H2,1-5H3. The van der Waals surface area contributed by atoms with Crippen LogP contribution in [0.15, 0.2) is 0 Å². The topological polar surface area (TPSA) is 30.9 Å². The van der Waals surface area contributed by atoms with Crippen LogP contribution < -0.4 is 0 Å². The van der Waals surface area contributed by atoms with Crippen LogP contribution in [0.25, 0.3) is 0 Å². The molecule has 0 radical (unpaired) electrons. The molecule has 4 nitrogen and oxygen atoms in total. The molecule has 0 aliphatic carbocycles. The molecule has 0 rings (SSSR count). The molecule has 0 fully saturated rings. The number of hydrogen-bond donors (Lipinski definition) is 0. The van der Waals surface area contributed by atoms with Gasteiger partial charge in [0.2, 0.25) is 0 Å². The predicted molar refractivity (Wildman–Crippen MR) is 152 cm³/mol. The first kappa shape index (κ1) is 34.1. The summed E-state index contributed by atoms with van der Waals surface area (Å²) in [5, 5.41) is 0. The lowest BCUT2D eigenvalue weighted by atomic mass is 9.93. The Labute approximate surface area is 216 Å². The van der Waals surface area contributed by atoms with Crippen LogP contribution in [0, 0.1) is 5.92 Å². The molecule has 0 amide bonds. The Balaban J connectivity index is 4.33. The molecule has 0 N–H and O–H groups in total. The fraction of sp³-hybridized carbons (Fsp3) is 1.00. The molecule has 0 heterocycles. The summed E-state index contributed by atoms with van der Waals surface area (Å²) in [6, 6.07) is 0. The molecule has 5 heteroatoms. The Morgan fingerprint density at radius 3 is 1.47 bits per heavy atom. The van der Waals surface area contributed by atoms with Crippen molar-refractivity contribution in [1.29, 1.82) is 0 Å². The maximum atomic E-state index is 6.28. The SMILES string of the molecule is CCCCCCCCO[SiH](OCCCCCCCC)OCCC(CCCCC)CCCN(C)C. The van der Waals surface area contributed by atoms with Gasteiger partial charge in [-0.2, -0.15) is 0 Å². The fourth-order valence-electron chi connectivity index (χ4n) is 4.41. The molecule has 0 spiro atoms. The third kappa shape index (κ3) is 25.2. The minimum atomic E-state index is -2.01. The molecular weight excluding hydrogens is 438 g/mol. The summed E-state index contributed by atoms with van der Waals surface area (Å²) in [4.78, 5) is 2.30. The van der Waals surface area contributed by atoms with E-state index in [1.54, 1.807) is 0 Å². The molecule has 0 aromatic rings. The lowest BCUT2D eigenvalue weighted by Gasteiger charge is -2.21. The van der Waals surface area contributed by atoms with Crippen LogP contribution >= 0.6 is 0 Å². The summed E-state index contributed by atoms with van der Waals surface area (Å²) in [7, 11) is 2.34. The molecule has 0 aromatic carbocycles. The zero-order valence-corrected chi connectivity index (χ0v) is 25.2. The van der Waals surface area contributed by atoms with E-state index in [9.17, 15) is 0 Å². The third-order valence-corrected chi connectivity index (χ3v) is 8.24. The third-order valence-electron chi connectivity index (χ3n) is 6.72. The fourth-order valence-corrected chi connectivity index (χ4v) is 5.75. The summed E-state index contributed by atoms with van der Waals surface area (Å²) in [5.74, 6) is 0.776. The number of nitrogens with zero attached hydrogens (tertiary/aromatic N) is 1. The summed E-state index contributed by atoms with van der Waals surface area (Å²) in [6.07, 6.45) is 24.6. The van der Waals surface area contributed by atoms with E-state index in [1.807, 2.05) is 0 Å². The van der Waals surface area contributed by atoms with Crippen LogP contribution in [0.4, 0.5) is 0 Å². The van der Waals surface area contributed by atoms with E-state index in [2.05, 4.69) is 39.8 Å². The first-order chi connectivity index (χ1) is 16.6. The maximum Gasteiger partial charge on any atom is 0.484 e. The van der Waals surface area contributed by atoms with Crippen molar-refractivity contribution in [2.24, 2.45) is 5.92 Å². The van der Waals surface area contributed by atoms with Crippen molar-refractivity contribution in [1.82, 2.24) is 4.90 Å². The second-order valence-electron chi connectivity index (χ2n) is 10.5. The van der Waals surface area contributed by atoms with Crippen molar-refractivity contribution < 1.29 is 13.3 Å². The van der Waals surface area contributed by atoms with Crippen LogP contribution in [0.5, 0.6) is 0 Å². The molecule has 1 unspecified atom stereocenters. The Morgan fingerprint density at radius 2 is 0.941 bits per heavy atom. The first-order valence-corrected chi connectivity index (χ1v) is 16.5. The van der Waals surface area contributed by atoms with Crippen LogP contribution in [-0.4, -0.2) is 54.9 Å². The number of unbranched alkanes of at least 4 members (excludes halogenated alkanes) is 12. The second kappa shape index (κ2) is 27.6. The van der Waals surface area contributed by atoms with Gasteiger partial charge in [0, 0.05) is 19.8 Å². The summed E-state index contributed by atoms with van der Waals surface area (Å²) >= 11 is 0. The first-order valence-electron chi connectivity index (χ1n) is 15.1. The second-order valence-corrected chi connectivity index (χ2v) is 12.1. The van der Waals surface area contributed by atoms with Crippen molar-refractivity contribution >= 4 is 9.53 Å².